The zero-order chi connectivity index (χ0) is 24.7. The number of hydrogen-bond donors (Lipinski definition) is 2. The smallest absolute Gasteiger partial charge is 0.257 e. The SMILES string of the molecule is C[C@H](C(=O)N1CCSCC1)[C@H]1CC[C@]2(C)Cc3sc(NC(=O)c4ccncc4)nc3[C@H](C)[C@@H]2[C@H]1O. The highest BCUT2D eigenvalue weighted by atomic mass is 32.2. The summed E-state index contributed by atoms with van der Waals surface area (Å²) in [6, 6.07) is 3.37. The van der Waals surface area contributed by atoms with Crippen LogP contribution in [0.1, 0.15) is 60.5 Å². The van der Waals surface area contributed by atoms with Crippen molar-refractivity contribution in [2.75, 3.05) is 29.9 Å². The highest BCUT2D eigenvalue weighted by Crippen LogP contribution is 2.57. The lowest BCUT2D eigenvalue weighted by Gasteiger charge is -2.53. The number of thioether (sulfide) groups is 1. The van der Waals surface area contributed by atoms with Gasteiger partial charge in [-0.25, -0.2) is 4.98 Å². The number of rotatable bonds is 4. The second kappa shape index (κ2) is 9.82. The molecule has 3 aliphatic rings. The Bertz CT molecular complexity index is 1090. The van der Waals surface area contributed by atoms with Crippen LogP contribution >= 0.6 is 23.1 Å². The fourth-order valence-corrected chi connectivity index (χ4v) is 8.69. The number of carbonyl (C=O) groups excluding carboxylic acids is 2. The number of anilines is 1. The van der Waals surface area contributed by atoms with Crippen LogP contribution in [0, 0.1) is 23.2 Å². The maximum atomic E-state index is 13.2. The minimum Gasteiger partial charge on any atom is -0.392 e. The van der Waals surface area contributed by atoms with Gasteiger partial charge in [0.1, 0.15) is 0 Å². The molecule has 6 atom stereocenters. The molecule has 0 aromatic carbocycles. The van der Waals surface area contributed by atoms with Gasteiger partial charge in [-0.05, 0) is 48.6 Å². The van der Waals surface area contributed by atoms with E-state index in [2.05, 4.69) is 24.1 Å². The summed E-state index contributed by atoms with van der Waals surface area (Å²) in [7, 11) is 0. The predicted molar refractivity (Wildman–Crippen MR) is 140 cm³/mol. The molecule has 188 valence electrons. The Morgan fingerprint density at radius 3 is 2.69 bits per heavy atom. The van der Waals surface area contributed by atoms with E-state index >= 15 is 0 Å². The van der Waals surface area contributed by atoms with Crippen molar-refractivity contribution in [1.29, 1.82) is 0 Å². The first-order valence-corrected chi connectivity index (χ1v) is 14.5. The molecule has 0 spiro atoms. The number of amides is 2. The van der Waals surface area contributed by atoms with Gasteiger partial charge in [0.15, 0.2) is 5.13 Å². The summed E-state index contributed by atoms with van der Waals surface area (Å²) < 4.78 is 0. The lowest BCUT2D eigenvalue weighted by atomic mass is 9.53. The lowest BCUT2D eigenvalue weighted by molar-refractivity contribution is -0.144. The van der Waals surface area contributed by atoms with Gasteiger partial charge in [-0.15, -0.1) is 11.3 Å². The van der Waals surface area contributed by atoms with E-state index in [1.807, 2.05) is 23.6 Å². The molecule has 35 heavy (non-hydrogen) atoms. The van der Waals surface area contributed by atoms with Crippen molar-refractivity contribution in [3.8, 4) is 0 Å². The molecular weight excluding hydrogens is 480 g/mol. The molecule has 0 bridgehead atoms. The van der Waals surface area contributed by atoms with E-state index in [0.717, 1.165) is 49.6 Å². The third-order valence-corrected chi connectivity index (χ3v) is 10.4. The van der Waals surface area contributed by atoms with Gasteiger partial charge >= 0.3 is 0 Å². The molecule has 3 heterocycles. The number of carbonyl (C=O) groups is 2. The fourth-order valence-electron chi connectivity index (χ4n) is 6.53. The van der Waals surface area contributed by atoms with Crippen molar-refractivity contribution in [2.24, 2.45) is 23.2 Å². The van der Waals surface area contributed by atoms with E-state index < -0.39 is 6.10 Å². The highest BCUT2D eigenvalue weighted by molar-refractivity contribution is 7.99. The summed E-state index contributed by atoms with van der Waals surface area (Å²) in [4.78, 5) is 37.8. The number of pyridine rings is 1. The van der Waals surface area contributed by atoms with Crippen molar-refractivity contribution >= 4 is 40.0 Å². The van der Waals surface area contributed by atoms with Crippen molar-refractivity contribution in [2.45, 2.75) is 52.1 Å². The van der Waals surface area contributed by atoms with Crippen molar-refractivity contribution in [3.63, 3.8) is 0 Å². The Balaban J connectivity index is 1.34. The van der Waals surface area contributed by atoms with Gasteiger partial charge in [-0.1, -0.05) is 20.8 Å². The number of hydrogen-bond acceptors (Lipinski definition) is 7. The maximum Gasteiger partial charge on any atom is 0.257 e. The monoisotopic (exact) mass is 514 g/mol. The van der Waals surface area contributed by atoms with E-state index in [1.165, 1.54) is 4.88 Å². The average molecular weight is 515 g/mol. The summed E-state index contributed by atoms with van der Waals surface area (Å²) in [6.45, 7) is 8.05. The highest BCUT2D eigenvalue weighted by Gasteiger charge is 2.54. The van der Waals surface area contributed by atoms with E-state index in [-0.39, 0.29) is 40.9 Å². The van der Waals surface area contributed by atoms with E-state index in [1.54, 1.807) is 35.9 Å². The predicted octanol–water partition coefficient (Wildman–Crippen LogP) is 4.05. The van der Waals surface area contributed by atoms with Crippen LogP contribution in [0.5, 0.6) is 0 Å². The average Bonchev–Trinajstić information content (AvgIpc) is 3.26. The molecular formula is C26H34N4O3S2. The number of nitrogens with zero attached hydrogens (tertiary/aromatic N) is 3. The van der Waals surface area contributed by atoms with Crippen LogP contribution < -0.4 is 5.32 Å². The molecule has 2 N–H and O–H groups in total. The summed E-state index contributed by atoms with van der Waals surface area (Å²) in [5.74, 6) is 1.85. The van der Waals surface area contributed by atoms with E-state index in [0.29, 0.717) is 10.7 Å². The second-order valence-electron chi connectivity index (χ2n) is 10.6. The summed E-state index contributed by atoms with van der Waals surface area (Å²) in [6.07, 6.45) is 5.33. The Morgan fingerprint density at radius 2 is 1.97 bits per heavy atom. The number of aliphatic hydroxyl groups is 1. The molecule has 7 nitrogen and oxygen atoms in total. The Labute approximate surface area is 215 Å². The van der Waals surface area contributed by atoms with E-state index in [9.17, 15) is 14.7 Å². The minimum atomic E-state index is -0.549. The first-order valence-electron chi connectivity index (χ1n) is 12.5. The second-order valence-corrected chi connectivity index (χ2v) is 12.9. The normalized spacial score (nSPS) is 31.3. The van der Waals surface area contributed by atoms with Crippen LogP contribution in [0.2, 0.25) is 0 Å². The van der Waals surface area contributed by atoms with Gasteiger partial charge in [-0.3, -0.25) is 19.9 Å². The third-order valence-electron chi connectivity index (χ3n) is 8.44. The number of aromatic nitrogens is 2. The van der Waals surface area contributed by atoms with Crippen LogP contribution in [-0.2, 0) is 11.2 Å². The Kier molecular flexibility index (Phi) is 6.94. The summed E-state index contributed by atoms with van der Waals surface area (Å²) in [5.41, 5.74) is 1.48. The number of aliphatic hydroxyl groups excluding tert-OH is 1. The molecule has 1 saturated heterocycles. The lowest BCUT2D eigenvalue weighted by Crippen LogP contribution is -2.54. The summed E-state index contributed by atoms with van der Waals surface area (Å²) >= 11 is 3.44. The van der Waals surface area contributed by atoms with Gasteiger partial charge in [-0.2, -0.15) is 11.8 Å². The fraction of sp³-hybridized carbons (Fsp3) is 0.615. The first-order chi connectivity index (χ1) is 16.8. The molecule has 2 amide bonds. The largest absolute Gasteiger partial charge is 0.392 e. The quantitative estimate of drug-likeness (QED) is 0.639. The van der Waals surface area contributed by atoms with Crippen molar-refractivity contribution < 1.29 is 14.7 Å². The van der Waals surface area contributed by atoms with Crippen LogP contribution in [0.4, 0.5) is 5.13 Å². The van der Waals surface area contributed by atoms with Crippen molar-refractivity contribution in [3.05, 3.63) is 40.7 Å². The molecule has 0 unspecified atom stereocenters. The zero-order valence-corrected chi connectivity index (χ0v) is 22.2. The summed E-state index contributed by atoms with van der Waals surface area (Å²) in [5, 5.41) is 15.2. The molecule has 1 aliphatic heterocycles. The van der Waals surface area contributed by atoms with Crippen LogP contribution in [0.15, 0.2) is 24.5 Å². The zero-order valence-electron chi connectivity index (χ0n) is 20.6. The molecule has 0 radical (unpaired) electrons. The molecule has 1 saturated carbocycles. The molecule has 5 rings (SSSR count). The van der Waals surface area contributed by atoms with Gasteiger partial charge < -0.3 is 10.0 Å². The van der Waals surface area contributed by atoms with Crippen LogP contribution in [0.3, 0.4) is 0 Å². The Hall–Kier alpha value is -1.97. The first kappa shape index (κ1) is 24.7. The van der Waals surface area contributed by atoms with Crippen molar-refractivity contribution in [1.82, 2.24) is 14.9 Å². The van der Waals surface area contributed by atoms with Gasteiger partial charge in [0.05, 0.1) is 11.8 Å². The standard InChI is InChI=1S/C26H34N4O3S2/c1-15(24(33)30-10-12-34-13-11-30)18-4-7-26(3)14-19-21(16(2)20(26)22(18)31)28-25(35-19)29-23(32)17-5-8-27-9-6-17/h5-6,8-9,15-16,18,20,22,31H,4,7,10-14H2,1-3H3,(H,28,29,32)/t15-,16+,18+,20+,22-,26+/m0/s1. The molecule has 2 aliphatic carbocycles. The third kappa shape index (κ3) is 4.62. The number of fused-ring (bicyclic) bond motifs is 2. The molecule has 2 fully saturated rings. The maximum absolute atomic E-state index is 13.2. The van der Waals surface area contributed by atoms with Gasteiger partial charge in [0.2, 0.25) is 5.91 Å². The van der Waals surface area contributed by atoms with E-state index in [4.69, 9.17) is 4.98 Å². The van der Waals surface area contributed by atoms with Crippen LogP contribution in [0.25, 0.3) is 0 Å². The topological polar surface area (TPSA) is 95.4 Å². The number of thiazole rings is 1. The minimum absolute atomic E-state index is 0.0340. The van der Waals surface area contributed by atoms with Gasteiger partial charge in [0.25, 0.3) is 5.91 Å². The number of nitrogens with one attached hydrogen (secondary N) is 1. The molecule has 2 aromatic heterocycles. The molecule has 9 heteroatoms. The molecule has 2 aromatic rings. The van der Waals surface area contributed by atoms with Crippen LogP contribution in [-0.4, -0.2) is 62.5 Å². The van der Waals surface area contributed by atoms with Gasteiger partial charge in [0, 0.05) is 59.3 Å². The Morgan fingerprint density at radius 1 is 1.26 bits per heavy atom.